The largest absolute Gasteiger partial charge is 0.321 e. The lowest BCUT2D eigenvalue weighted by molar-refractivity contribution is 0.417. The number of rotatable bonds is 4. The van der Waals surface area contributed by atoms with Gasteiger partial charge in [0, 0.05) is 23.6 Å². The first-order chi connectivity index (χ1) is 8.92. The van der Waals surface area contributed by atoms with E-state index in [1.54, 1.807) is 18.2 Å². The number of hydrogen-bond acceptors (Lipinski definition) is 3. The van der Waals surface area contributed by atoms with E-state index in [1.807, 2.05) is 25.5 Å². The molecule has 19 heavy (non-hydrogen) atoms. The molecule has 0 aliphatic carbocycles. The van der Waals surface area contributed by atoms with Crippen LogP contribution >= 0.6 is 0 Å². The molecule has 0 saturated carbocycles. The van der Waals surface area contributed by atoms with Crippen LogP contribution in [0.1, 0.15) is 38.2 Å². The van der Waals surface area contributed by atoms with Crippen LogP contribution in [0.5, 0.6) is 0 Å². The molecule has 2 aromatic rings. The van der Waals surface area contributed by atoms with E-state index in [0.717, 1.165) is 5.82 Å². The van der Waals surface area contributed by atoms with Gasteiger partial charge in [-0.1, -0.05) is 18.2 Å². The van der Waals surface area contributed by atoms with Crippen LogP contribution in [0.4, 0.5) is 4.39 Å². The highest BCUT2D eigenvalue weighted by atomic mass is 19.1. The summed E-state index contributed by atoms with van der Waals surface area (Å²) < 4.78 is 15.7. The summed E-state index contributed by atoms with van der Waals surface area (Å²) in [6.45, 7) is 5.86. The van der Waals surface area contributed by atoms with Gasteiger partial charge < -0.3 is 5.73 Å². The van der Waals surface area contributed by atoms with Crippen LogP contribution in [0, 0.1) is 5.82 Å². The Kier molecular flexibility index (Phi) is 3.66. The van der Waals surface area contributed by atoms with Gasteiger partial charge >= 0.3 is 0 Å². The highest BCUT2D eigenvalue weighted by molar-refractivity contribution is 5.26. The molecular formula is C14H19FN4. The van der Waals surface area contributed by atoms with Gasteiger partial charge in [0.1, 0.15) is 18.0 Å². The number of benzene rings is 1. The molecule has 4 nitrogen and oxygen atoms in total. The van der Waals surface area contributed by atoms with Crippen LogP contribution in [0.15, 0.2) is 30.6 Å². The van der Waals surface area contributed by atoms with Gasteiger partial charge in [0.05, 0.1) is 0 Å². The number of halogens is 1. The van der Waals surface area contributed by atoms with E-state index >= 15 is 0 Å². The summed E-state index contributed by atoms with van der Waals surface area (Å²) in [5.74, 6) is 0.478. The summed E-state index contributed by atoms with van der Waals surface area (Å²) in [7, 11) is 0. The van der Waals surface area contributed by atoms with Crippen LogP contribution in [-0.4, -0.2) is 14.8 Å². The molecule has 1 aromatic carbocycles. The minimum absolute atomic E-state index is 0.203. The van der Waals surface area contributed by atoms with Gasteiger partial charge in [0.2, 0.25) is 0 Å². The second kappa shape index (κ2) is 5.09. The zero-order valence-electron chi connectivity index (χ0n) is 11.5. The summed E-state index contributed by atoms with van der Waals surface area (Å²) in [5.41, 5.74) is 5.96. The predicted molar refractivity (Wildman–Crippen MR) is 72.1 cm³/mol. The Labute approximate surface area is 112 Å². The second-order valence-corrected chi connectivity index (χ2v) is 5.29. The summed E-state index contributed by atoms with van der Waals surface area (Å²) in [6, 6.07) is 6.79. The lowest BCUT2D eigenvalue weighted by Crippen LogP contribution is -2.37. The van der Waals surface area contributed by atoms with Crippen molar-refractivity contribution in [3.05, 3.63) is 47.8 Å². The van der Waals surface area contributed by atoms with E-state index < -0.39 is 5.54 Å². The molecule has 102 valence electrons. The third-order valence-corrected chi connectivity index (χ3v) is 3.15. The minimum atomic E-state index is -0.814. The summed E-state index contributed by atoms with van der Waals surface area (Å²) in [6.07, 6.45) is 1.94. The van der Waals surface area contributed by atoms with Crippen molar-refractivity contribution in [1.82, 2.24) is 14.8 Å². The molecule has 0 amide bonds. The predicted octanol–water partition coefficient (Wildman–Crippen LogP) is 2.41. The Morgan fingerprint density at radius 1 is 1.37 bits per heavy atom. The quantitative estimate of drug-likeness (QED) is 0.920. The van der Waals surface area contributed by atoms with Gasteiger partial charge in [0.25, 0.3) is 0 Å². The number of aromatic nitrogens is 3. The van der Waals surface area contributed by atoms with Crippen LogP contribution in [0.2, 0.25) is 0 Å². The third-order valence-electron chi connectivity index (χ3n) is 3.15. The normalized spacial score (nSPS) is 14.6. The van der Waals surface area contributed by atoms with Gasteiger partial charge in [-0.3, -0.25) is 0 Å². The van der Waals surface area contributed by atoms with Crippen molar-refractivity contribution in [2.75, 3.05) is 0 Å². The first kappa shape index (κ1) is 13.7. The van der Waals surface area contributed by atoms with Crippen molar-refractivity contribution in [3.63, 3.8) is 0 Å². The van der Waals surface area contributed by atoms with E-state index in [9.17, 15) is 4.39 Å². The van der Waals surface area contributed by atoms with Crippen LogP contribution in [-0.2, 0) is 12.0 Å². The Morgan fingerprint density at radius 2 is 2.05 bits per heavy atom. The Balaban J connectivity index is 2.31. The molecular weight excluding hydrogens is 243 g/mol. The fraction of sp³-hybridized carbons (Fsp3) is 0.429. The van der Waals surface area contributed by atoms with E-state index in [-0.39, 0.29) is 11.9 Å². The average molecular weight is 262 g/mol. The molecule has 2 N–H and O–H groups in total. The van der Waals surface area contributed by atoms with E-state index in [0.29, 0.717) is 12.0 Å². The molecule has 0 bridgehead atoms. The third kappa shape index (κ3) is 2.81. The molecule has 0 saturated heterocycles. The van der Waals surface area contributed by atoms with Crippen LogP contribution in [0.25, 0.3) is 0 Å². The van der Waals surface area contributed by atoms with Gasteiger partial charge in [0.15, 0.2) is 0 Å². The molecule has 0 radical (unpaired) electrons. The summed E-state index contributed by atoms with van der Waals surface area (Å²) >= 11 is 0. The molecule has 5 heteroatoms. The van der Waals surface area contributed by atoms with E-state index in [2.05, 4.69) is 10.1 Å². The van der Waals surface area contributed by atoms with E-state index in [1.165, 1.54) is 12.4 Å². The average Bonchev–Trinajstić information content (AvgIpc) is 2.76. The van der Waals surface area contributed by atoms with Crippen LogP contribution in [0.3, 0.4) is 0 Å². The fourth-order valence-corrected chi connectivity index (χ4v) is 2.18. The van der Waals surface area contributed by atoms with E-state index in [4.69, 9.17) is 5.73 Å². The molecule has 2 rings (SSSR count). The van der Waals surface area contributed by atoms with Crippen molar-refractivity contribution in [1.29, 1.82) is 0 Å². The molecule has 0 aliphatic heterocycles. The molecule has 1 atom stereocenters. The van der Waals surface area contributed by atoms with Gasteiger partial charge in [-0.2, -0.15) is 5.10 Å². The lowest BCUT2D eigenvalue weighted by atomic mass is 9.89. The maximum Gasteiger partial charge on any atom is 0.138 e. The zero-order chi connectivity index (χ0) is 14.0. The zero-order valence-corrected chi connectivity index (χ0v) is 11.5. The summed E-state index contributed by atoms with van der Waals surface area (Å²) in [4.78, 5) is 4.23. The van der Waals surface area contributed by atoms with Crippen LogP contribution < -0.4 is 5.73 Å². The second-order valence-electron chi connectivity index (χ2n) is 5.29. The molecule has 0 aliphatic rings. The number of hydrogen-bond donors (Lipinski definition) is 1. The maximum absolute atomic E-state index is 13.9. The molecule has 1 aromatic heterocycles. The smallest absolute Gasteiger partial charge is 0.138 e. The number of nitrogens with two attached hydrogens (primary N) is 1. The SMILES string of the molecule is CC(C)n1ncnc1CC(C)(N)c1ccccc1F. The maximum atomic E-state index is 13.9. The van der Waals surface area contributed by atoms with Crippen molar-refractivity contribution in [3.8, 4) is 0 Å². The Bertz CT molecular complexity index is 560. The van der Waals surface area contributed by atoms with Crippen molar-refractivity contribution in [2.24, 2.45) is 5.73 Å². The minimum Gasteiger partial charge on any atom is -0.321 e. The van der Waals surface area contributed by atoms with Gasteiger partial charge in [-0.15, -0.1) is 0 Å². The van der Waals surface area contributed by atoms with Gasteiger partial charge in [-0.25, -0.2) is 14.1 Å². The van der Waals surface area contributed by atoms with Crippen molar-refractivity contribution in [2.45, 2.75) is 38.8 Å². The molecule has 1 heterocycles. The molecule has 0 fully saturated rings. The van der Waals surface area contributed by atoms with Crippen molar-refractivity contribution >= 4 is 0 Å². The standard InChI is InChI=1S/C14H19FN4/c1-10(2)19-13(17-9-18-19)8-14(3,16)11-6-4-5-7-12(11)15/h4-7,9-10H,8,16H2,1-3H3. The fourth-order valence-electron chi connectivity index (χ4n) is 2.18. The summed E-state index contributed by atoms with van der Waals surface area (Å²) in [5, 5.41) is 4.17. The topological polar surface area (TPSA) is 56.7 Å². The highest BCUT2D eigenvalue weighted by Crippen LogP contribution is 2.25. The molecule has 0 spiro atoms. The van der Waals surface area contributed by atoms with Gasteiger partial charge in [-0.05, 0) is 26.8 Å². The first-order valence-corrected chi connectivity index (χ1v) is 6.34. The van der Waals surface area contributed by atoms with Crippen molar-refractivity contribution < 1.29 is 4.39 Å². The Morgan fingerprint density at radius 3 is 2.68 bits per heavy atom. The lowest BCUT2D eigenvalue weighted by Gasteiger charge is -2.25. The Hall–Kier alpha value is -1.75. The molecule has 1 unspecified atom stereocenters. The first-order valence-electron chi connectivity index (χ1n) is 6.34. The monoisotopic (exact) mass is 262 g/mol. The highest BCUT2D eigenvalue weighted by Gasteiger charge is 2.27. The number of nitrogens with zero attached hydrogens (tertiary/aromatic N) is 3.